The summed E-state index contributed by atoms with van der Waals surface area (Å²) in [6.45, 7) is 15.3. The van der Waals surface area contributed by atoms with E-state index >= 15 is 0 Å². The number of methoxy groups -OCH3 is 1. The Labute approximate surface area is 238 Å². The smallest absolute Gasteiger partial charge is 0.264 e. The summed E-state index contributed by atoms with van der Waals surface area (Å²) in [6, 6.07) is 14.8. The topological polar surface area (TPSA) is 85.5 Å². The van der Waals surface area contributed by atoms with E-state index in [1.807, 2.05) is 27.7 Å². The van der Waals surface area contributed by atoms with E-state index in [1.54, 1.807) is 30.3 Å². The van der Waals surface area contributed by atoms with Crippen LogP contribution in [0.3, 0.4) is 0 Å². The van der Waals surface area contributed by atoms with Gasteiger partial charge in [0.2, 0.25) is 0 Å². The summed E-state index contributed by atoms with van der Waals surface area (Å²) in [7, 11) is 1.50. The summed E-state index contributed by atoms with van der Waals surface area (Å²) in [5.74, 6) is -0.881. The Morgan fingerprint density at radius 1 is 1.05 bits per heavy atom. The normalized spacial score (nSPS) is 13.2. The summed E-state index contributed by atoms with van der Waals surface area (Å²) >= 11 is 0. The van der Waals surface area contributed by atoms with Gasteiger partial charge < -0.3 is 24.5 Å². The van der Waals surface area contributed by atoms with E-state index in [4.69, 9.17) is 14.2 Å². The molecule has 1 aliphatic heterocycles. The molecule has 7 nitrogen and oxygen atoms in total. The fourth-order valence-corrected chi connectivity index (χ4v) is 3.80. The van der Waals surface area contributed by atoms with Crippen molar-refractivity contribution >= 4 is 22.6 Å². The first-order valence-electron chi connectivity index (χ1n) is 13.0. The van der Waals surface area contributed by atoms with Crippen molar-refractivity contribution in [2.45, 2.75) is 39.9 Å². The van der Waals surface area contributed by atoms with Gasteiger partial charge in [0, 0.05) is 22.9 Å². The average Bonchev–Trinajstić information content (AvgIpc) is 3.60. The maximum Gasteiger partial charge on any atom is 0.264 e. The monoisotopic (exact) mass is 571 g/mol. The lowest BCUT2D eigenvalue weighted by atomic mass is 10.1. The number of fused-ring (bicyclic) bond motifs is 1. The van der Waals surface area contributed by atoms with Crippen LogP contribution in [-0.2, 0) is 9.47 Å². The maximum atomic E-state index is 14.2. The minimum atomic E-state index is -2.71. The number of nitrogens with one attached hydrogen (secondary N) is 2. The molecule has 0 atom stereocenters. The Balaban J connectivity index is 0.000000456. The Kier molecular flexibility index (Phi) is 12.6. The fourth-order valence-electron chi connectivity index (χ4n) is 3.80. The summed E-state index contributed by atoms with van der Waals surface area (Å²) in [5.41, 5.74) is 0.809. The molecule has 1 amide bonds. The lowest BCUT2D eigenvalue weighted by Crippen LogP contribution is -2.18. The molecule has 0 aliphatic carbocycles. The second-order valence-corrected chi connectivity index (χ2v) is 8.61. The number of H-pyrrole nitrogens is 1. The molecule has 41 heavy (non-hydrogen) atoms. The van der Waals surface area contributed by atoms with Crippen molar-refractivity contribution < 1.29 is 32.2 Å². The lowest BCUT2D eigenvalue weighted by Gasteiger charge is -2.13. The van der Waals surface area contributed by atoms with Gasteiger partial charge in [0.05, 0.1) is 31.4 Å². The number of aromatic nitrogens is 2. The van der Waals surface area contributed by atoms with Crippen molar-refractivity contribution in [2.24, 2.45) is 0 Å². The third kappa shape index (κ3) is 8.92. The van der Waals surface area contributed by atoms with Gasteiger partial charge in [0.1, 0.15) is 22.9 Å². The van der Waals surface area contributed by atoms with Crippen LogP contribution in [0.25, 0.3) is 22.4 Å². The molecule has 0 unspecified atom stereocenters. The van der Waals surface area contributed by atoms with Crippen LogP contribution in [-0.4, -0.2) is 42.0 Å². The third-order valence-electron chi connectivity index (χ3n) is 5.56. The average molecular weight is 572 g/mol. The second-order valence-electron chi connectivity index (χ2n) is 8.61. The van der Waals surface area contributed by atoms with Gasteiger partial charge >= 0.3 is 0 Å². The molecule has 3 aromatic carbocycles. The summed E-state index contributed by atoms with van der Waals surface area (Å²) < 4.78 is 56.3. The number of carbonyl (C=O) groups excluding carboxylic acids is 1. The number of imidazole rings is 1. The molecule has 1 aliphatic rings. The van der Waals surface area contributed by atoms with E-state index < -0.39 is 18.1 Å². The number of alkyl halides is 2. The number of amides is 1. The van der Waals surface area contributed by atoms with Gasteiger partial charge in [0.15, 0.2) is 5.79 Å². The Morgan fingerprint density at radius 3 is 2.29 bits per heavy atom. The van der Waals surface area contributed by atoms with E-state index in [2.05, 4.69) is 28.4 Å². The van der Waals surface area contributed by atoms with Crippen molar-refractivity contribution in [3.8, 4) is 17.1 Å². The predicted octanol–water partition coefficient (Wildman–Crippen LogP) is 8.17. The molecule has 1 fully saturated rings. The van der Waals surface area contributed by atoms with Crippen LogP contribution in [0.15, 0.2) is 73.8 Å². The number of anilines is 1. The molecule has 1 aromatic heterocycles. The number of nitrogens with zero attached hydrogens (tertiary/aromatic N) is 1. The van der Waals surface area contributed by atoms with Crippen LogP contribution >= 0.6 is 0 Å². The van der Waals surface area contributed by atoms with Crippen LogP contribution in [0.2, 0.25) is 0 Å². The fraction of sp³-hybridized carbons (Fsp3) is 0.290. The zero-order valence-corrected chi connectivity index (χ0v) is 23.9. The highest BCUT2D eigenvalue weighted by atomic mass is 19.3. The quantitative estimate of drug-likeness (QED) is 0.236. The molecule has 220 valence electrons. The summed E-state index contributed by atoms with van der Waals surface area (Å²) in [6.07, 6.45) is -2.71. The number of carbonyl (C=O) groups is 1. The van der Waals surface area contributed by atoms with Crippen molar-refractivity contribution in [3.05, 3.63) is 90.8 Å². The number of halogens is 3. The third-order valence-corrected chi connectivity index (χ3v) is 5.56. The molecule has 0 saturated carbocycles. The molecule has 10 heteroatoms. The predicted molar refractivity (Wildman–Crippen MR) is 156 cm³/mol. The number of ether oxygens (including phenoxy) is 3. The van der Waals surface area contributed by atoms with Gasteiger partial charge in [-0.1, -0.05) is 44.2 Å². The van der Waals surface area contributed by atoms with E-state index in [9.17, 15) is 18.0 Å². The first kappa shape index (κ1) is 33.1. The molecule has 5 rings (SSSR count). The molecular formula is C31H36F3N3O4. The molecular weight excluding hydrogens is 535 g/mol. The number of hydrogen-bond acceptors (Lipinski definition) is 5. The Morgan fingerprint density at radius 2 is 1.71 bits per heavy atom. The minimum Gasteiger partial charge on any atom is -0.497 e. The first-order valence-corrected chi connectivity index (χ1v) is 13.0. The van der Waals surface area contributed by atoms with Crippen LogP contribution in [0, 0.1) is 5.82 Å². The van der Waals surface area contributed by atoms with Crippen LogP contribution in [0.1, 0.15) is 50.0 Å². The molecule has 1 saturated heterocycles. The van der Waals surface area contributed by atoms with Crippen molar-refractivity contribution in [2.75, 3.05) is 25.6 Å². The highest BCUT2D eigenvalue weighted by Gasteiger charge is 2.23. The van der Waals surface area contributed by atoms with Crippen molar-refractivity contribution in [1.82, 2.24) is 9.97 Å². The van der Waals surface area contributed by atoms with Crippen LogP contribution in [0.4, 0.5) is 18.9 Å². The number of aromatic amines is 1. The van der Waals surface area contributed by atoms with Gasteiger partial charge in [-0.05, 0) is 38.1 Å². The summed E-state index contributed by atoms with van der Waals surface area (Å²) in [5, 5.41) is 2.67. The van der Waals surface area contributed by atoms with E-state index in [0.717, 1.165) is 19.3 Å². The molecule has 2 N–H and O–H groups in total. The molecule has 2 heterocycles. The largest absolute Gasteiger partial charge is 0.497 e. The molecule has 0 bridgehead atoms. The highest BCUT2D eigenvalue weighted by Crippen LogP contribution is 2.32. The number of hydrogen-bond donors (Lipinski definition) is 2. The number of benzene rings is 3. The lowest BCUT2D eigenvalue weighted by molar-refractivity contribution is -0.125. The first-order chi connectivity index (χ1) is 19.7. The van der Waals surface area contributed by atoms with Crippen LogP contribution in [0.5, 0.6) is 5.75 Å². The standard InChI is InChI=1S/C22H16F3N3O2.C5H10O2.C2H6.C2H4/c1-30-14-6-4-5-13(11-14)26-22(29)17-9-12(23)10-18-19(17)28-21(27-18)16-8-3-2-7-15(16)20(24)25;1-5(2)6-3-4-7-5;2*1-2/h2-11,20H,1H3,(H,26,29)(H,27,28);3-4H2,1-2H3;1-2H3;1-2H2. The Bertz CT molecular complexity index is 1420. The molecule has 0 spiro atoms. The molecule has 0 radical (unpaired) electrons. The maximum absolute atomic E-state index is 14.2. The minimum absolute atomic E-state index is 0.0233. The highest BCUT2D eigenvalue weighted by molar-refractivity contribution is 6.12. The SMILES string of the molecule is C=C.CC.CC1(C)OCCO1.COc1cccc(NC(=O)c2cc(F)cc3[nH]c(-c4ccccc4C(F)F)nc23)c1. The number of rotatable bonds is 5. The zero-order chi connectivity index (χ0) is 30.6. The van der Waals surface area contributed by atoms with Crippen LogP contribution < -0.4 is 10.1 Å². The van der Waals surface area contributed by atoms with Gasteiger partial charge in [-0.15, -0.1) is 13.2 Å². The Hall–Kier alpha value is -4.15. The van der Waals surface area contributed by atoms with Gasteiger partial charge in [-0.3, -0.25) is 4.79 Å². The molecule has 4 aromatic rings. The van der Waals surface area contributed by atoms with E-state index in [-0.39, 0.29) is 39.3 Å². The van der Waals surface area contributed by atoms with Gasteiger partial charge in [-0.25, -0.2) is 18.2 Å². The van der Waals surface area contributed by atoms with E-state index in [1.165, 1.54) is 31.4 Å². The van der Waals surface area contributed by atoms with Gasteiger partial charge in [0.25, 0.3) is 12.3 Å². The van der Waals surface area contributed by atoms with E-state index in [0.29, 0.717) is 11.4 Å². The zero-order valence-electron chi connectivity index (χ0n) is 23.9. The second kappa shape index (κ2) is 15.6. The van der Waals surface area contributed by atoms with Crippen molar-refractivity contribution in [1.29, 1.82) is 0 Å². The summed E-state index contributed by atoms with van der Waals surface area (Å²) in [4.78, 5) is 20.0. The van der Waals surface area contributed by atoms with Gasteiger partial charge in [-0.2, -0.15) is 0 Å². The van der Waals surface area contributed by atoms with Crippen molar-refractivity contribution in [3.63, 3.8) is 0 Å².